The number of nitrogens with one attached hydrogen (secondary N) is 3. The average molecular weight is 223 g/mol. The number of hydrogen-bond donors (Lipinski definition) is 3. The van der Waals surface area contributed by atoms with Gasteiger partial charge >= 0.3 is 0 Å². The van der Waals surface area contributed by atoms with E-state index in [2.05, 4.69) is 25.8 Å². The zero-order valence-corrected chi connectivity index (χ0v) is 8.86. The van der Waals surface area contributed by atoms with Gasteiger partial charge in [-0.15, -0.1) is 0 Å². The fourth-order valence-electron chi connectivity index (χ4n) is 1.61. The van der Waals surface area contributed by atoms with Crippen LogP contribution in [0.3, 0.4) is 0 Å². The zero-order valence-electron chi connectivity index (χ0n) is 8.86. The third-order valence-corrected chi connectivity index (χ3v) is 2.55. The molecule has 0 saturated carbocycles. The maximum Gasteiger partial charge on any atom is 0.225 e. The van der Waals surface area contributed by atoms with Crippen molar-refractivity contribution in [1.29, 1.82) is 0 Å². The molecule has 2 amide bonds. The van der Waals surface area contributed by atoms with Gasteiger partial charge in [-0.25, -0.2) is 4.98 Å². The summed E-state index contributed by atoms with van der Waals surface area (Å²) >= 11 is 0. The molecule has 16 heavy (non-hydrogen) atoms. The van der Waals surface area contributed by atoms with Crippen LogP contribution in [-0.4, -0.2) is 33.5 Å². The van der Waals surface area contributed by atoms with E-state index >= 15 is 0 Å². The van der Waals surface area contributed by atoms with Gasteiger partial charge in [0.1, 0.15) is 12.2 Å². The largest absolute Gasteiger partial charge is 0.355 e. The number of rotatable bonds is 3. The Morgan fingerprint density at radius 2 is 2.50 bits per heavy atom. The van der Waals surface area contributed by atoms with Gasteiger partial charge in [-0.1, -0.05) is 0 Å². The molecule has 2 rings (SSSR count). The van der Waals surface area contributed by atoms with Crippen molar-refractivity contribution in [3.05, 3.63) is 12.2 Å². The van der Waals surface area contributed by atoms with E-state index in [0.29, 0.717) is 12.4 Å². The van der Waals surface area contributed by atoms with Crippen LogP contribution in [0.1, 0.15) is 25.2 Å². The van der Waals surface area contributed by atoms with Crippen molar-refractivity contribution in [2.24, 2.45) is 5.92 Å². The Morgan fingerprint density at radius 3 is 3.06 bits per heavy atom. The van der Waals surface area contributed by atoms with E-state index in [1.807, 2.05) is 6.92 Å². The quantitative estimate of drug-likeness (QED) is 0.619. The lowest BCUT2D eigenvalue weighted by Gasteiger charge is -2.13. The van der Waals surface area contributed by atoms with Crippen molar-refractivity contribution in [2.45, 2.75) is 19.4 Å². The van der Waals surface area contributed by atoms with Crippen LogP contribution in [0.5, 0.6) is 0 Å². The van der Waals surface area contributed by atoms with Gasteiger partial charge < -0.3 is 10.6 Å². The molecule has 86 valence electrons. The van der Waals surface area contributed by atoms with Gasteiger partial charge in [-0.05, 0) is 6.92 Å². The molecule has 2 atom stereocenters. The molecule has 0 radical (unpaired) electrons. The molecule has 0 bridgehead atoms. The Balaban J connectivity index is 1.90. The summed E-state index contributed by atoms with van der Waals surface area (Å²) in [4.78, 5) is 26.6. The van der Waals surface area contributed by atoms with Crippen LogP contribution in [0.15, 0.2) is 6.33 Å². The molecule has 7 heteroatoms. The van der Waals surface area contributed by atoms with E-state index in [1.54, 1.807) is 0 Å². The number of nitrogens with zero attached hydrogens (tertiary/aromatic N) is 2. The molecule has 2 heterocycles. The Labute approximate surface area is 92.0 Å². The van der Waals surface area contributed by atoms with E-state index in [0.717, 1.165) is 0 Å². The molecule has 1 aliphatic heterocycles. The molecule has 3 N–H and O–H groups in total. The predicted molar refractivity (Wildman–Crippen MR) is 54.1 cm³/mol. The Morgan fingerprint density at radius 1 is 1.69 bits per heavy atom. The summed E-state index contributed by atoms with van der Waals surface area (Å²) in [5.74, 6) is 0.109. The first kappa shape index (κ1) is 10.6. The molecule has 1 saturated heterocycles. The van der Waals surface area contributed by atoms with E-state index in [4.69, 9.17) is 0 Å². The van der Waals surface area contributed by atoms with E-state index in [9.17, 15) is 9.59 Å². The number of carbonyl (C=O) groups is 2. The van der Waals surface area contributed by atoms with E-state index in [1.165, 1.54) is 6.33 Å². The monoisotopic (exact) mass is 223 g/mol. The normalized spacial score (nSPS) is 21.6. The highest BCUT2D eigenvalue weighted by Gasteiger charge is 2.28. The number of H-pyrrole nitrogens is 1. The summed E-state index contributed by atoms with van der Waals surface area (Å²) in [6.07, 6.45) is 1.65. The summed E-state index contributed by atoms with van der Waals surface area (Å²) in [6.45, 7) is 2.22. The Hall–Kier alpha value is -1.92. The van der Waals surface area contributed by atoms with Gasteiger partial charge in [-0.2, -0.15) is 5.10 Å². The van der Waals surface area contributed by atoms with Crippen molar-refractivity contribution in [1.82, 2.24) is 25.8 Å². The summed E-state index contributed by atoms with van der Waals surface area (Å²) in [5, 5.41) is 11.8. The van der Waals surface area contributed by atoms with Gasteiger partial charge in [0.05, 0.1) is 12.0 Å². The summed E-state index contributed by atoms with van der Waals surface area (Å²) < 4.78 is 0. The molecular formula is C9H13N5O2. The van der Waals surface area contributed by atoms with Crippen LogP contribution in [0.25, 0.3) is 0 Å². The van der Waals surface area contributed by atoms with Crippen LogP contribution in [0, 0.1) is 5.92 Å². The molecule has 0 spiro atoms. The maximum atomic E-state index is 11.7. The van der Waals surface area contributed by atoms with E-state index in [-0.39, 0.29) is 30.2 Å². The minimum absolute atomic E-state index is 0.0764. The van der Waals surface area contributed by atoms with Gasteiger partial charge in [0.25, 0.3) is 0 Å². The second kappa shape index (κ2) is 4.30. The predicted octanol–water partition coefficient (Wildman–Crippen LogP) is -0.882. The molecule has 1 aromatic rings. The number of amides is 2. The molecule has 1 aromatic heterocycles. The second-order valence-electron chi connectivity index (χ2n) is 3.81. The first-order valence-electron chi connectivity index (χ1n) is 5.09. The average Bonchev–Trinajstić information content (AvgIpc) is 2.87. The molecule has 1 fully saturated rings. The van der Waals surface area contributed by atoms with Crippen molar-refractivity contribution < 1.29 is 9.59 Å². The standard InChI is InChI=1S/C9H13N5O2/c1-5(8-11-4-12-14-8)13-9(16)6-2-7(15)10-3-6/h4-6H,2-3H2,1H3,(H,10,15)(H,13,16)(H,11,12,14). The SMILES string of the molecule is CC(NC(=O)C1CNC(=O)C1)c1ncn[nH]1. The van der Waals surface area contributed by atoms with Crippen molar-refractivity contribution in [3.8, 4) is 0 Å². The lowest BCUT2D eigenvalue weighted by atomic mass is 10.1. The lowest BCUT2D eigenvalue weighted by molar-refractivity contribution is -0.127. The molecule has 7 nitrogen and oxygen atoms in total. The molecule has 0 aliphatic carbocycles. The lowest BCUT2D eigenvalue weighted by Crippen LogP contribution is -2.34. The van der Waals surface area contributed by atoms with Crippen molar-refractivity contribution in [2.75, 3.05) is 6.54 Å². The van der Waals surface area contributed by atoms with Crippen LogP contribution < -0.4 is 10.6 Å². The third-order valence-electron chi connectivity index (χ3n) is 2.55. The smallest absolute Gasteiger partial charge is 0.225 e. The minimum Gasteiger partial charge on any atom is -0.355 e. The number of aromatic nitrogens is 3. The Kier molecular flexibility index (Phi) is 2.84. The van der Waals surface area contributed by atoms with Gasteiger partial charge in [0.15, 0.2) is 0 Å². The molecule has 1 aliphatic rings. The van der Waals surface area contributed by atoms with Gasteiger partial charge in [0, 0.05) is 13.0 Å². The molecule has 0 aromatic carbocycles. The topological polar surface area (TPSA) is 99.8 Å². The first-order chi connectivity index (χ1) is 7.66. The Bertz CT molecular complexity index is 389. The first-order valence-corrected chi connectivity index (χ1v) is 5.09. The van der Waals surface area contributed by atoms with Crippen LogP contribution >= 0.6 is 0 Å². The van der Waals surface area contributed by atoms with Crippen LogP contribution in [-0.2, 0) is 9.59 Å². The number of hydrogen-bond acceptors (Lipinski definition) is 4. The fourth-order valence-corrected chi connectivity index (χ4v) is 1.61. The highest BCUT2D eigenvalue weighted by molar-refractivity contribution is 5.89. The number of aromatic amines is 1. The fraction of sp³-hybridized carbons (Fsp3) is 0.556. The van der Waals surface area contributed by atoms with E-state index < -0.39 is 0 Å². The number of carbonyl (C=O) groups excluding carboxylic acids is 2. The minimum atomic E-state index is -0.280. The highest BCUT2D eigenvalue weighted by Crippen LogP contribution is 2.11. The van der Waals surface area contributed by atoms with Crippen molar-refractivity contribution >= 4 is 11.8 Å². The third kappa shape index (κ3) is 2.18. The van der Waals surface area contributed by atoms with Gasteiger partial charge in [0.2, 0.25) is 11.8 Å². The summed E-state index contributed by atoms with van der Waals surface area (Å²) in [7, 11) is 0. The maximum absolute atomic E-state index is 11.7. The van der Waals surface area contributed by atoms with Crippen LogP contribution in [0.2, 0.25) is 0 Å². The molecular weight excluding hydrogens is 210 g/mol. The van der Waals surface area contributed by atoms with Gasteiger partial charge in [-0.3, -0.25) is 14.7 Å². The van der Waals surface area contributed by atoms with Crippen molar-refractivity contribution in [3.63, 3.8) is 0 Å². The van der Waals surface area contributed by atoms with Crippen LogP contribution in [0.4, 0.5) is 0 Å². The summed E-state index contributed by atoms with van der Waals surface area (Å²) in [5.41, 5.74) is 0. The zero-order chi connectivity index (χ0) is 11.5. The summed E-state index contributed by atoms with van der Waals surface area (Å²) in [6, 6.07) is -0.231. The highest BCUT2D eigenvalue weighted by atomic mass is 16.2. The molecule has 2 unspecified atom stereocenters. The second-order valence-corrected chi connectivity index (χ2v) is 3.81.